The Morgan fingerprint density at radius 2 is 1.88 bits per heavy atom. The molecule has 0 saturated carbocycles. The zero-order valence-corrected chi connectivity index (χ0v) is 18.3. The summed E-state index contributed by atoms with van der Waals surface area (Å²) in [4.78, 5) is 20.1. The van der Waals surface area contributed by atoms with Crippen LogP contribution in [0.15, 0.2) is 60.9 Å². The molecule has 33 heavy (non-hydrogen) atoms. The summed E-state index contributed by atoms with van der Waals surface area (Å²) in [7, 11) is 0. The fraction of sp³-hybridized carbons (Fsp3) is 0.208. The van der Waals surface area contributed by atoms with E-state index >= 15 is 0 Å². The standard InChI is InChI=1S/C24H24N6O3/c1-15-11-20(26-23(12-15)27-22-13-17(8-10-31)7-9-25-22)21-14-30(29-28-21)16(2)18-3-5-19(6-4-18)24(32)33/h3-7,9,11-14,16,31H,8,10H2,1-2H3,(H,32,33)(H,25,26,27). The Labute approximate surface area is 190 Å². The fourth-order valence-electron chi connectivity index (χ4n) is 3.46. The van der Waals surface area contributed by atoms with E-state index in [1.165, 1.54) is 0 Å². The summed E-state index contributed by atoms with van der Waals surface area (Å²) in [5.41, 5.74) is 4.44. The van der Waals surface area contributed by atoms with Gasteiger partial charge in [-0.3, -0.25) is 0 Å². The van der Waals surface area contributed by atoms with Gasteiger partial charge in [0.1, 0.15) is 17.3 Å². The van der Waals surface area contributed by atoms with E-state index in [0.29, 0.717) is 29.4 Å². The van der Waals surface area contributed by atoms with E-state index in [-0.39, 0.29) is 18.2 Å². The molecule has 1 atom stereocenters. The Hall–Kier alpha value is -4.11. The number of carboxylic acid groups (broad SMARTS) is 1. The van der Waals surface area contributed by atoms with Crippen molar-refractivity contribution in [3.63, 3.8) is 0 Å². The highest BCUT2D eigenvalue weighted by atomic mass is 16.4. The monoisotopic (exact) mass is 444 g/mol. The summed E-state index contributed by atoms with van der Waals surface area (Å²) in [6.45, 7) is 4.02. The highest BCUT2D eigenvalue weighted by Crippen LogP contribution is 2.24. The molecule has 0 bridgehead atoms. The largest absolute Gasteiger partial charge is 0.478 e. The second-order valence-electron chi connectivity index (χ2n) is 7.75. The number of aromatic nitrogens is 5. The predicted octanol–water partition coefficient (Wildman–Crippen LogP) is 3.63. The maximum atomic E-state index is 11.1. The molecule has 0 amide bonds. The van der Waals surface area contributed by atoms with E-state index in [0.717, 1.165) is 16.7 Å². The van der Waals surface area contributed by atoms with E-state index in [2.05, 4.69) is 25.6 Å². The smallest absolute Gasteiger partial charge is 0.335 e. The minimum absolute atomic E-state index is 0.0775. The van der Waals surface area contributed by atoms with Crippen LogP contribution in [0.2, 0.25) is 0 Å². The number of nitrogens with zero attached hydrogens (tertiary/aromatic N) is 5. The lowest BCUT2D eigenvalue weighted by Gasteiger charge is -2.11. The highest BCUT2D eigenvalue weighted by molar-refractivity contribution is 5.87. The number of aliphatic hydroxyl groups is 1. The first-order valence-corrected chi connectivity index (χ1v) is 10.5. The number of pyridine rings is 2. The number of aryl methyl sites for hydroxylation is 1. The molecule has 0 spiro atoms. The Balaban J connectivity index is 1.56. The van der Waals surface area contributed by atoms with Crippen LogP contribution in [0.5, 0.6) is 0 Å². The van der Waals surface area contributed by atoms with Crippen molar-refractivity contribution < 1.29 is 15.0 Å². The number of nitrogens with one attached hydrogen (secondary N) is 1. The molecule has 0 saturated heterocycles. The van der Waals surface area contributed by atoms with Crippen molar-refractivity contribution in [1.82, 2.24) is 25.0 Å². The maximum Gasteiger partial charge on any atom is 0.335 e. The molecule has 9 heteroatoms. The van der Waals surface area contributed by atoms with Gasteiger partial charge < -0.3 is 15.5 Å². The predicted molar refractivity (Wildman–Crippen MR) is 124 cm³/mol. The van der Waals surface area contributed by atoms with Crippen LogP contribution < -0.4 is 5.32 Å². The number of aliphatic hydroxyl groups excluding tert-OH is 1. The van der Waals surface area contributed by atoms with Crippen molar-refractivity contribution in [1.29, 1.82) is 0 Å². The van der Waals surface area contributed by atoms with Crippen LogP contribution in [0.25, 0.3) is 11.4 Å². The van der Waals surface area contributed by atoms with E-state index < -0.39 is 5.97 Å². The second-order valence-corrected chi connectivity index (χ2v) is 7.75. The summed E-state index contributed by atoms with van der Waals surface area (Å²) < 4.78 is 1.72. The van der Waals surface area contributed by atoms with Crippen molar-refractivity contribution >= 4 is 17.6 Å². The van der Waals surface area contributed by atoms with Crippen LogP contribution in [-0.4, -0.2) is 47.8 Å². The van der Waals surface area contributed by atoms with Gasteiger partial charge in [0.25, 0.3) is 0 Å². The molecule has 9 nitrogen and oxygen atoms in total. The molecule has 0 fully saturated rings. The SMILES string of the molecule is Cc1cc(Nc2cc(CCO)ccn2)nc(-c2cn(C(C)c3ccc(C(=O)O)cc3)nn2)c1. The van der Waals surface area contributed by atoms with Crippen molar-refractivity contribution in [2.24, 2.45) is 0 Å². The number of hydrogen-bond acceptors (Lipinski definition) is 7. The third-order valence-electron chi connectivity index (χ3n) is 5.26. The lowest BCUT2D eigenvalue weighted by Crippen LogP contribution is -2.08. The molecule has 0 aliphatic carbocycles. The lowest BCUT2D eigenvalue weighted by atomic mass is 10.1. The van der Waals surface area contributed by atoms with Crippen LogP contribution in [0.3, 0.4) is 0 Å². The van der Waals surface area contributed by atoms with Gasteiger partial charge in [-0.15, -0.1) is 5.10 Å². The minimum Gasteiger partial charge on any atom is -0.478 e. The highest BCUT2D eigenvalue weighted by Gasteiger charge is 2.14. The van der Waals surface area contributed by atoms with E-state index in [1.54, 1.807) is 35.1 Å². The fourth-order valence-corrected chi connectivity index (χ4v) is 3.46. The average Bonchev–Trinajstić information content (AvgIpc) is 3.29. The molecule has 0 aliphatic rings. The number of hydrogen-bond donors (Lipinski definition) is 3. The molecule has 3 heterocycles. The number of anilines is 2. The quantitative estimate of drug-likeness (QED) is 0.376. The molecule has 3 N–H and O–H groups in total. The van der Waals surface area contributed by atoms with Gasteiger partial charge in [-0.25, -0.2) is 19.4 Å². The van der Waals surface area contributed by atoms with Gasteiger partial charge in [-0.2, -0.15) is 0 Å². The van der Waals surface area contributed by atoms with Crippen molar-refractivity contribution in [2.45, 2.75) is 26.3 Å². The number of carbonyl (C=O) groups is 1. The van der Waals surface area contributed by atoms with Crippen molar-refractivity contribution in [3.8, 4) is 11.4 Å². The molecular weight excluding hydrogens is 420 g/mol. The molecule has 3 aromatic heterocycles. The van der Waals surface area contributed by atoms with Gasteiger partial charge in [-0.1, -0.05) is 17.3 Å². The van der Waals surface area contributed by atoms with Crippen molar-refractivity contribution in [2.75, 3.05) is 11.9 Å². The second kappa shape index (κ2) is 9.58. The van der Waals surface area contributed by atoms with Crippen LogP contribution in [0, 0.1) is 6.92 Å². The van der Waals surface area contributed by atoms with Crippen LogP contribution in [0.4, 0.5) is 11.6 Å². The number of benzene rings is 1. The summed E-state index contributed by atoms with van der Waals surface area (Å²) in [6.07, 6.45) is 4.07. The third-order valence-corrected chi connectivity index (χ3v) is 5.26. The van der Waals surface area contributed by atoms with Crippen molar-refractivity contribution in [3.05, 3.63) is 83.2 Å². The molecule has 1 aromatic carbocycles. The Morgan fingerprint density at radius 3 is 2.61 bits per heavy atom. The van der Waals surface area contributed by atoms with E-state index in [9.17, 15) is 4.79 Å². The van der Waals surface area contributed by atoms with Crippen LogP contribution >= 0.6 is 0 Å². The molecule has 4 aromatic rings. The first-order valence-electron chi connectivity index (χ1n) is 10.5. The Bertz CT molecular complexity index is 1270. The first-order chi connectivity index (χ1) is 15.9. The summed E-state index contributed by atoms with van der Waals surface area (Å²) in [6, 6.07) is 14.2. The topological polar surface area (TPSA) is 126 Å². The normalized spacial score (nSPS) is 11.8. The third kappa shape index (κ3) is 5.21. The lowest BCUT2D eigenvalue weighted by molar-refractivity contribution is 0.0697. The van der Waals surface area contributed by atoms with Gasteiger partial charge in [0.05, 0.1) is 23.5 Å². The minimum atomic E-state index is -0.956. The summed E-state index contributed by atoms with van der Waals surface area (Å²) >= 11 is 0. The van der Waals surface area contributed by atoms with Gasteiger partial charge in [0, 0.05) is 12.8 Å². The molecular formula is C24H24N6O3. The molecule has 0 radical (unpaired) electrons. The average molecular weight is 444 g/mol. The van der Waals surface area contributed by atoms with Crippen LogP contribution in [-0.2, 0) is 6.42 Å². The molecule has 1 unspecified atom stereocenters. The molecule has 4 rings (SSSR count). The summed E-state index contributed by atoms with van der Waals surface area (Å²) in [5.74, 6) is 0.320. The first kappa shape index (κ1) is 22.1. The number of aromatic carboxylic acids is 1. The number of carboxylic acids is 1. The molecule has 0 aliphatic heterocycles. The van der Waals surface area contributed by atoms with Gasteiger partial charge in [0.2, 0.25) is 0 Å². The maximum absolute atomic E-state index is 11.1. The Kier molecular flexibility index (Phi) is 6.41. The summed E-state index contributed by atoms with van der Waals surface area (Å²) in [5, 5.41) is 30.0. The van der Waals surface area contributed by atoms with Gasteiger partial charge >= 0.3 is 5.97 Å². The van der Waals surface area contributed by atoms with E-state index in [4.69, 9.17) is 10.2 Å². The number of rotatable bonds is 8. The van der Waals surface area contributed by atoms with Gasteiger partial charge in [0.15, 0.2) is 0 Å². The zero-order valence-electron chi connectivity index (χ0n) is 18.3. The molecule has 168 valence electrons. The van der Waals surface area contributed by atoms with E-state index in [1.807, 2.05) is 44.3 Å². The van der Waals surface area contributed by atoms with Gasteiger partial charge in [-0.05, 0) is 73.4 Å². The zero-order chi connectivity index (χ0) is 23.4. The van der Waals surface area contributed by atoms with Crippen LogP contribution in [0.1, 0.15) is 40.0 Å². The Morgan fingerprint density at radius 1 is 1.09 bits per heavy atom.